The molecule has 0 radical (unpaired) electrons. The average Bonchev–Trinajstić information content (AvgIpc) is 2.53. The maximum atomic E-state index is 11.1. The van der Waals surface area contributed by atoms with Crippen LogP contribution in [-0.2, 0) is 16.4 Å². The van der Waals surface area contributed by atoms with Crippen LogP contribution in [-0.4, -0.2) is 5.11 Å². The molecule has 0 aromatic heterocycles. The predicted octanol–water partition coefficient (Wildman–Crippen LogP) is 5.15. The Hall–Kier alpha value is -2.04. The molecule has 0 atom stereocenters. The zero-order chi connectivity index (χ0) is 18.2. The average molecular weight is 320 g/mol. The number of terminal acetylenes is 1. The van der Waals surface area contributed by atoms with E-state index in [2.05, 4.69) is 47.5 Å². The van der Waals surface area contributed by atoms with Gasteiger partial charge in [-0.1, -0.05) is 96.0 Å². The van der Waals surface area contributed by atoms with Gasteiger partial charge in [-0.15, -0.1) is 6.42 Å². The van der Waals surface area contributed by atoms with E-state index in [0.717, 1.165) is 11.1 Å². The molecule has 0 heterocycles. The lowest BCUT2D eigenvalue weighted by Gasteiger charge is -2.26. The topological polar surface area (TPSA) is 20.2 Å². The van der Waals surface area contributed by atoms with Crippen molar-refractivity contribution < 1.29 is 5.11 Å². The Labute approximate surface area is 146 Å². The first-order valence-electron chi connectivity index (χ1n) is 8.41. The van der Waals surface area contributed by atoms with Crippen LogP contribution < -0.4 is 0 Å². The summed E-state index contributed by atoms with van der Waals surface area (Å²) in [4.78, 5) is 0. The van der Waals surface area contributed by atoms with E-state index in [1.54, 1.807) is 0 Å². The van der Waals surface area contributed by atoms with Crippen molar-refractivity contribution in [2.24, 2.45) is 0 Å². The minimum atomic E-state index is -1.41. The van der Waals surface area contributed by atoms with Gasteiger partial charge in [0.05, 0.1) is 0 Å². The van der Waals surface area contributed by atoms with E-state index in [1.165, 1.54) is 11.1 Å². The molecule has 0 unspecified atom stereocenters. The van der Waals surface area contributed by atoms with E-state index in [-0.39, 0.29) is 10.8 Å². The smallest absolute Gasteiger partial charge is 0.176 e. The van der Waals surface area contributed by atoms with Gasteiger partial charge in [0.1, 0.15) is 0 Å². The summed E-state index contributed by atoms with van der Waals surface area (Å²) in [6, 6.07) is 15.9. The first kappa shape index (κ1) is 18.3. The highest BCUT2D eigenvalue weighted by atomic mass is 16.3. The largest absolute Gasteiger partial charge is 0.369 e. The maximum Gasteiger partial charge on any atom is 0.176 e. The van der Waals surface area contributed by atoms with Gasteiger partial charge in [0.15, 0.2) is 5.60 Å². The summed E-state index contributed by atoms with van der Waals surface area (Å²) in [5.74, 6) is 2.58. The van der Waals surface area contributed by atoms with E-state index in [4.69, 9.17) is 6.42 Å². The van der Waals surface area contributed by atoms with Gasteiger partial charge in [-0.3, -0.25) is 0 Å². The molecule has 0 fully saturated rings. The third kappa shape index (κ3) is 3.55. The van der Waals surface area contributed by atoms with Crippen molar-refractivity contribution in [1.82, 2.24) is 0 Å². The van der Waals surface area contributed by atoms with Gasteiger partial charge in [0, 0.05) is 11.1 Å². The minimum Gasteiger partial charge on any atom is -0.369 e. The molecule has 126 valence electrons. The van der Waals surface area contributed by atoms with Gasteiger partial charge < -0.3 is 5.11 Å². The quantitative estimate of drug-likeness (QED) is 0.759. The lowest BCUT2D eigenvalue weighted by Crippen LogP contribution is -2.25. The summed E-state index contributed by atoms with van der Waals surface area (Å²) < 4.78 is 0. The first-order valence-corrected chi connectivity index (χ1v) is 8.41. The van der Waals surface area contributed by atoms with Crippen molar-refractivity contribution >= 4 is 0 Å². The van der Waals surface area contributed by atoms with Crippen molar-refractivity contribution in [3.63, 3.8) is 0 Å². The van der Waals surface area contributed by atoms with Crippen LogP contribution in [0.15, 0.2) is 48.5 Å². The molecule has 24 heavy (non-hydrogen) atoms. The highest BCUT2D eigenvalue weighted by Crippen LogP contribution is 2.32. The molecule has 2 aromatic carbocycles. The van der Waals surface area contributed by atoms with Gasteiger partial charge in [0.2, 0.25) is 0 Å². The second-order valence-corrected chi connectivity index (χ2v) is 8.51. The highest BCUT2D eigenvalue weighted by molar-refractivity contribution is 5.46. The third-order valence-electron chi connectivity index (χ3n) is 4.55. The number of hydrogen-bond acceptors (Lipinski definition) is 1. The van der Waals surface area contributed by atoms with Gasteiger partial charge in [0.25, 0.3) is 0 Å². The molecule has 0 saturated carbocycles. The molecule has 0 bridgehead atoms. The summed E-state index contributed by atoms with van der Waals surface area (Å²) in [7, 11) is 0. The zero-order valence-electron chi connectivity index (χ0n) is 15.6. The molecule has 0 saturated heterocycles. The molecule has 1 nitrogen and oxygen atoms in total. The van der Waals surface area contributed by atoms with E-state index in [1.807, 2.05) is 48.5 Å². The Morgan fingerprint density at radius 3 is 1.08 bits per heavy atom. The number of benzene rings is 2. The molecule has 0 aliphatic heterocycles. The molecule has 1 heteroatoms. The summed E-state index contributed by atoms with van der Waals surface area (Å²) >= 11 is 0. The predicted molar refractivity (Wildman–Crippen MR) is 102 cm³/mol. The molecule has 0 aliphatic rings. The summed E-state index contributed by atoms with van der Waals surface area (Å²) in [6.45, 7) is 13.0. The fourth-order valence-electron chi connectivity index (χ4n) is 2.76. The zero-order valence-corrected chi connectivity index (χ0v) is 15.6. The molecule has 2 aromatic rings. The van der Waals surface area contributed by atoms with Crippen molar-refractivity contribution in [2.75, 3.05) is 0 Å². The first-order chi connectivity index (χ1) is 11.0. The standard InChI is InChI=1S/C23H28O/c1-8-23(24,19-13-9-17(10-14-19)21(2,3)4)20-15-11-18(12-16-20)22(5,6)7/h1,9-16,24H,2-7H3. The van der Waals surface area contributed by atoms with Crippen LogP contribution in [0.1, 0.15) is 63.8 Å². The van der Waals surface area contributed by atoms with Gasteiger partial charge in [-0.25, -0.2) is 0 Å². The van der Waals surface area contributed by atoms with Crippen LogP contribution in [0.4, 0.5) is 0 Å². The third-order valence-corrected chi connectivity index (χ3v) is 4.55. The van der Waals surface area contributed by atoms with Crippen LogP contribution in [0.2, 0.25) is 0 Å². The summed E-state index contributed by atoms with van der Waals surface area (Å²) in [6.07, 6.45) is 5.72. The Morgan fingerprint density at radius 1 is 0.625 bits per heavy atom. The highest BCUT2D eigenvalue weighted by Gasteiger charge is 2.30. The number of aliphatic hydroxyl groups is 1. The van der Waals surface area contributed by atoms with E-state index in [9.17, 15) is 5.11 Å². The fraction of sp³-hybridized carbons (Fsp3) is 0.391. The van der Waals surface area contributed by atoms with Crippen molar-refractivity contribution in [3.8, 4) is 12.3 Å². The summed E-state index contributed by atoms with van der Waals surface area (Å²) in [5, 5.41) is 11.1. The lowest BCUT2D eigenvalue weighted by molar-refractivity contribution is 0.145. The summed E-state index contributed by atoms with van der Waals surface area (Å²) in [5.41, 5.74) is 2.61. The monoisotopic (exact) mass is 320 g/mol. The van der Waals surface area contributed by atoms with Crippen molar-refractivity contribution in [2.45, 2.75) is 58.0 Å². The van der Waals surface area contributed by atoms with Crippen LogP contribution in [0.5, 0.6) is 0 Å². The molecule has 1 N–H and O–H groups in total. The van der Waals surface area contributed by atoms with Crippen molar-refractivity contribution in [3.05, 3.63) is 70.8 Å². The molecule has 2 rings (SSSR count). The van der Waals surface area contributed by atoms with Crippen molar-refractivity contribution in [1.29, 1.82) is 0 Å². The number of hydrogen-bond donors (Lipinski definition) is 1. The second-order valence-electron chi connectivity index (χ2n) is 8.51. The van der Waals surface area contributed by atoms with Gasteiger partial charge >= 0.3 is 0 Å². The Bertz CT molecular complexity index is 672. The molecule has 0 spiro atoms. The van der Waals surface area contributed by atoms with Crippen LogP contribution in [0.25, 0.3) is 0 Å². The Morgan fingerprint density at radius 2 is 0.875 bits per heavy atom. The second kappa shape index (κ2) is 6.11. The van der Waals surface area contributed by atoms with Gasteiger partial charge in [-0.05, 0) is 22.0 Å². The normalized spacial score (nSPS) is 12.8. The molecular weight excluding hydrogens is 292 g/mol. The van der Waals surface area contributed by atoms with Crippen LogP contribution >= 0.6 is 0 Å². The molecule has 0 aliphatic carbocycles. The van der Waals surface area contributed by atoms with E-state index < -0.39 is 5.60 Å². The Kier molecular flexibility index (Phi) is 4.66. The minimum absolute atomic E-state index is 0.0706. The van der Waals surface area contributed by atoms with Gasteiger partial charge in [-0.2, -0.15) is 0 Å². The molecule has 0 amide bonds. The number of rotatable bonds is 2. The maximum absolute atomic E-state index is 11.1. The Balaban J connectivity index is 2.43. The fourth-order valence-corrected chi connectivity index (χ4v) is 2.76. The lowest BCUT2D eigenvalue weighted by atomic mass is 9.81. The molecular formula is C23H28O. The van der Waals surface area contributed by atoms with Crippen LogP contribution in [0.3, 0.4) is 0 Å². The van der Waals surface area contributed by atoms with E-state index in [0.29, 0.717) is 0 Å². The van der Waals surface area contributed by atoms with E-state index >= 15 is 0 Å². The SMILES string of the molecule is C#CC(O)(c1ccc(C(C)(C)C)cc1)c1ccc(C(C)(C)C)cc1. The van der Waals surface area contributed by atoms with Crippen LogP contribution in [0, 0.1) is 12.3 Å².